The normalized spacial score (nSPS) is 23.5. The van der Waals surface area contributed by atoms with Gasteiger partial charge in [-0.3, -0.25) is 9.48 Å². The van der Waals surface area contributed by atoms with Gasteiger partial charge in [0, 0.05) is 33.3 Å². The standard InChI is InChI=1S/C34H38FIN4O4Si/c1-22-32(45(3,4)35)31(15-16-39-20-29(37-38-39)27(21-41)24-10-6-5-7-11-24)44-34(22)28-18-26(43-2)13-14-30(28)40(33(34)42)19-23-9-8-12-25(36)17-23/h5-14,17-18,20,22,27,31-32,41H,15-16,19,21H2,1-4H3/t22-,27?,31+,32-,34+/m0/s1. The number of hydrogen-bond donors (Lipinski definition) is 1. The van der Waals surface area contributed by atoms with Crippen LogP contribution in [0.5, 0.6) is 5.75 Å². The van der Waals surface area contributed by atoms with Crippen molar-refractivity contribution >= 4 is 42.6 Å². The van der Waals surface area contributed by atoms with Crippen LogP contribution in [0, 0.1) is 9.49 Å². The molecule has 0 radical (unpaired) electrons. The first-order valence-corrected chi connectivity index (χ1v) is 19.3. The first kappa shape index (κ1) is 31.8. The average Bonchev–Trinajstić information content (AvgIpc) is 3.67. The smallest absolute Gasteiger partial charge is 0.264 e. The highest BCUT2D eigenvalue weighted by Crippen LogP contribution is 2.60. The van der Waals surface area contributed by atoms with E-state index in [1.54, 1.807) is 29.8 Å². The van der Waals surface area contributed by atoms with Crippen molar-refractivity contribution in [2.75, 3.05) is 18.6 Å². The topological polar surface area (TPSA) is 89.7 Å². The van der Waals surface area contributed by atoms with Crippen molar-refractivity contribution in [1.29, 1.82) is 0 Å². The van der Waals surface area contributed by atoms with Crippen molar-refractivity contribution in [1.82, 2.24) is 15.0 Å². The third kappa shape index (κ3) is 5.83. The monoisotopic (exact) mass is 740 g/mol. The molecule has 1 spiro atoms. The Morgan fingerprint density at radius 1 is 1.13 bits per heavy atom. The lowest BCUT2D eigenvalue weighted by molar-refractivity contribution is -0.146. The number of amides is 1. The molecule has 6 rings (SSSR count). The number of anilines is 1. The number of aliphatic hydroxyl groups is 1. The van der Waals surface area contributed by atoms with Gasteiger partial charge in [0.1, 0.15) is 5.75 Å². The Morgan fingerprint density at radius 3 is 2.60 bits per heavy atom. The molecule has 8 nitrogen and oxygen atoms in total. The van der Waals surface area contributed by atoms with Gasteiger partial charge >= 0.3 is 0 Å². The van der Waals surface area contributed by atoms with E-state index in [1.807, 2.05) is 79.9 Å². The molecule has 0 bridgehead atoms. The third-order valence-corrected chi connectivity index (χ3v) is 12.5. The van der Waals surface area contributed by atoms with Crippen molar-refractivity contribution in [3.8, 4) is 5.75 Å². The summed E-state index contributed by atoms with van der Waals surface area (Å²) in [4.78, 5) is 16.4. The molecule has 3 aromatic carbocycles. The summed E-state index contributed by atoms with van der Waals surface area (Å²) >= 11 is 2.27. The number of aryl methyl sites for hydroxylation is 1. The molecule has 5 atom stereocenters. The number of carbonyl (C=O) groups excluding carboxylic acids is 1. The minimum atomic E-state index is -3.33. The first-order chi connectivity index (χ1) is 21.6. The molecule has 1 fully saturated rings. The second-order valence-electron chi connectivity index (χ2n) is 12.5. The maximum Gasteiger partial charge on any atom is 0.264 e. The Bertz CT molecular complexity index is 1680. The van der Waals surface area contributed by atoms with Crippen molar-refractivity contribution < 1.29 is 23.5 Å². The lowest BCUT2D eigenvalue weighted by Crippen LogP contribution is -2.45. The number of fused-ring (bicyclic) bond motifs is 2. The van der Waals surface area contributed by atoms with E-state index in [0.717, 1.165) is 25.9 Å². The molecule has 2 aliphatic rings. The van der Waals surface area contributed by atoms with Gasteiger partial charge in [-0.1, -0.05) is 54.6 Å². The first-order valence-electron chi connectivity index (χ1n) is 15.2. The summed E-state index contributed by atoms with van der Waals surface area (Å²) in [5.41, 5.74) is 2.35. The molecule has 0 aliphatic carbocycles. The van der Waals surface area contributed by atoms with E-state index in [4.69, 9.17) is 9.47 Å². The van der Waals surface area contributed by atoms with Crippen LogP contribution in [0.15, 0.2) is 79.0 Å². The van der Waals surface area contributed by atoms with Crippen LogP contribution in [-0.4, -0.2) is 54.2 Å². The maximum absolute atomic E-state index is 16.3. The third-order valence-electron chi connectivity index (χ3n) is 9.34. The van der Waals surface area contributed by atoms with Gasteiger partial charge in [-0.15, -0.1) is 5.10 Å². The Kier molecular flexibility index (Phi) is 8.90. The van der Waals surface area contributed by atoms with Gasteiger partial charge < -0.3 is 23.6 Å². The van der Waals surface area contributed by atoms with Gasteiger partial charge in [0.25, 0.3) is 5.91 Å². The zero-order valence-corrected chi connectivity index (χ0v) is 29.0. The summed E-state index contributed by atoms with van der Waals surface area (Å²) in [6.45, 7) is 6.10. The van der Waals surface area contributed by atoms with E-state index in [9.17, 15) is 9.90 Å². The van der Waals surface area contributed by atoms with Crippen molar-refractivity contribution in [2.24, 2.45) is 5.92 Å². The van der Waals surface area contributed by atoms with E-state index in [2.05, 4.69) is 39.0 Å². The van der Waals surface area contributed by atoms with Crippen molar-refractivity contribution in [2.45, 2.75) is 62.7 Å². The number of benzene rings is 3. The van der Waals surface area contributed by atoms with Crippen molar-refractivity contribution in [3.63, 3.8) is 0 Å². The molecule has 11 heteroatoms. The van der Waals surface area contributed by atoms with Gasteiger partial charge in [-0.25, -0.2) is 0 Å². The van der Waals surface area contributed by atoms with Crippen molar-refractivity contribution in [3.05, 3.63) is 105 Å². The van der Waals surface area contributed by atoms with Gasteiger partial charge in [0.15, 0.2) is 5.60 Å². The number of ether oxygens (including phenoxy) is 2. The molecule has 4 aromatic rings. The molecule has 1 unspecified atom stereocenters. The van der Waals surface area contributed by atoms with Crippen LogP contribution in [0.25, 0.3) is 0 Å². The zero-order chi connectivity index (χ0) is 31.9. The van der Waals surface area contributed by atoms with Crippen LogP contribution in [0.3, 0.4) is 0 Å². The molecule has 3 heterocycles. The number of halogens is 2. The fourth-order valence-corrected chi connectivity index (χ4v) is 10.4. The molecule has 1 amide bonds. The van der Waals surface area contributed by atoms with Gasteiger partial charge in [-0.05, 0) is 83.6 Å². The largest absolute Gasteiger partial charge is 0.497 e. The molecular formula is C34H38FIN4O4Si. The lowest BCUT2D eigenvalue weighted by Gasteiger charge is -2.31. The highest BCUT2D eigenvalue weighted by molar-refractivity contribution is 14.1. The Labute approximate surface area is 277 Å². The SMILES string of the molecule is COc1ccc2c(c1)[C@@]1(O[C@H](CCn3cc(C(CO)c4ccccc4)nn3)[C@@H]([Si](C)(C)F)[C@@H]1C)C(=O)N2Cc1cccc(I)c1. The summed E-state index contributed by atoms with van der Waals surface area (Å²) in [5, 5.41) is 18.8. The van der Waals surface area contributed by atoms with Gasteiger partial charge in [0.2, 0.25) is 8.41 Å². The number of rotatable bonds is 10. The Morgan fingerprint density at radius 2 is 1.91 bits per heavy atom. The maximum atomic E-state index is 16.3. The second kappa shape index (κ2) is 12.6. The van der Waals surface area contributed by atoms with Crippen LogP contribution >= 0.6 is 22.6 Å². The average molecular weight is 741 g/mol. The number of methoxy groups -OCH3 is 1. The molecule has 1 saturated heterocycles. The van der Waals surface area contributed by atoms with Crippen LogP contribution < -0.4 is 9.64 Å². The minimum Gasteiger partial charge on any atom is -0.497 e. The zero-order valence-electron chi connectivity index (χ0n) is 25.9. The van der Waals surface area contributed by atoms with E-state index >= 15 is 4.11 Å². The Balaban J connectivity index is 1.31. The molecule has 45 heavy (non-hydrogen) atoms. The number of aliphatic hydroxyl groups excluding tert-OH is 1. The molecule has 1 aromatic heterocycles. The van der Waals surface area contributed by atoms with E-state index in [-0.39, 0.29) is 18.4 Å². The predicted octanol–water partition coefficient (Wildman–Crippen LogP) is 6.43. The number of nitrogens with zero attached hydrogens (tertiary/aromatic N) is 4. The highest BCUT2D eigenvalue weighted by atomic mass is 127. The fraction of sp³-hybridized carbons (Fsp3) is 0.382. The number of hydrogen-bond acceptors (Lipinski definition) is 6. The number of aromatic nitrogens is 3. The second-order valence-corrected chi connectivity index (χ2v) is 17.6. The molecule has 2 aliphatic heterocycles. The van der Waals surface area contributed by atoms with Crippen LogP contribution in [0.4, 0.5) is 9.80 Å². The van der Waals surface area contributed by atoms with E-state index in [1.165, 1.54) is 0 Å². The molecule has 1 N–H and O–H groups in total. The summed E-state index contributed by atoms with van der Waals surface area (Å²) in [7, 11) is -1.73. The predicted molar refractivity (Wildman–Crippen MR) is 181 cm³/mol. The quantitative estimate of drug-likeness (QED) is 0.115. The summed E-state index contributed by atoms with van der Waals surface area (Å²) in [6.07, 6.45) is 1.78. The lowest BCUT2D eigenvalue weighted by atomic mass is 9.82. The summed E-state index contributed by atoms with van der Waals surface area (Å²) < 4.78 is 31.6. The van der Waals surface area contributed by atoms with Gasteiger partial charge in [0.05, 0.1) is 43.7 Å². The van der Waals surface area contributed by atoms with Crippen LogP contribution in [0.2, 0.25) is 18.6 Å². The van der Waals surface area contributed by atoms with Crippen LogP contribution in [0.1, 0.15) is 41.6 Å². The van der Waals surface area contributed by atoms with E-state index < -0.39 is 31.6 Å². The molecule has 236 valence electrons. The molecule has 0 saturated carbocycles. The minimum absolute atomic E-state index is 0.0954. The van der Waals surface area contributed by atoms with E-state index in [0.29, 0.717) is 31.0 Å². The highest BCUT2D eigenvalue weighted by Gasteiger charge is 2.66. The van der Waals surface area contributed by atoms with Crippen LogP contribution in [-0.2, 0) is 28.2 Å². The fourth-order valence-electron chi connectivity index (χ4n) is 7.30. The molecular weight excluding hydrogens is 702 g/mol. The summed E-state index contributed by atoms with van der Waals surface area (Å²) in [6, 6.07) is 23.4. The Hall–Kier alpha value is -3.13. The summed E-state index contributed by atoms with van der Waals surface area (Å²) in [5.74, 6) is -0.245. The van der Waals surface area contributed by atoms with Gasteiger partial charge in [-0.2, -0.15) is 0 Å². The number of carbonyl (C=O) groups is 1.